The molecular formula is C13H14ClF3N2O. The fraction of sp³-hybridized carbons (Fsp3) is 0.462. The standard InChI is InChI=1S/C13H13F3N2O.ClH/c1-7-5-17-6-10-8-3-2-4-9(13(14,15)16)11(8)12(19)18(7)10;/h2-4,7,10,17H,5-6H2,1H3;1H/t7-,10-;/m1./s1. The highest BCUT2D eigenvalue weighted by molar-refractivity contribution is 6.01. The molecule has 110 valence electrons. The predicted molar refractivity (Wildman–Crippen MR) is 69.9 cm³/mol. The van der Waals surface area contributed by atoms with Gasteiger partial charge in [-0.15, -0.1) is 12.4 Å². The van der Waals surface area contributed by atoms with Crippen molar-refractivity contribution in [2.45, 2.75) is 25.2 Å². The third-order valence-corrected chi connectivity index (χ3v) is 3.80. The zero-order valence-corrected chi connectivity index (χ0v) is 11.5. The first kappa shape index (κ1) is 15.1. The lowest BCUT2D eigenvalue weighted by atomic mass is 9.98. The molecular weight excluding hydrogens is 293 g/mol. The minimum Gasteiger partial charge on any atom is -0.326 e. The van der Waals surface area contributed by atoms with Crippen molar-refractivity contribution in [1.29, 1.82) is 0 Å². The Hall–Kier alpha value is -1.27. The third-order valence-electron chi connectivity index (χ3n) is 3.80. The van der Waals surface area contributed by atoms with Crippen LogP contribution in [-0.2, 0) is 6.18 Å². The fourth-order valence-electron chi connectivity index (χ4n) is 2.99. The lowest BCUT2D eigenvalue weighted by Crippen LogP contribution is -2.50. The SMILES string of the molecule is C[C@@H]1CNC[C@@H]2c3cccc(C(F)(F)F)c3C(=O)N12.Cl. The number of nitrogens with one attached hydrogen (secondary N) is 1. The number of carbonyl (C=O) groups excluding carboxylic acids is 1. The van der Waals surface area contributed by atoms with E-state index in [1.165, 1.54) is 6.07 Å². The Morgan fingerprint density at radius 2 is 2.00 bits per heavy atom. The summed E-state index contributed by atoms with van der Waals surface area (Å²) < 4.78 is 39.0. The topological polar surface area (TPSA) is 32.3 Å². The second-order valence-electron chi connectivity index (χ2n) is 5.00. The van der Waals surface area contributed by atoms with Crippen molar-refractivity contribution in [1.82, 2.24) is 10.2 Å². The maximum Gasteiger partial charge on any atom is 0.417 e. The van der Waals surface area contributed by atoms with Gasteiger partial charge >= 0.3 is 6.18 Å². The van der Waals surface area contributed by atoms with Crippen molar-refractivity contribution in [2.75, 3.05) is 13.1 Å². The van der Waals surface area contributed by atoms with Crippen molar-refractivity contribution < 1.29 is 18.0 Å². The molecule has 0 aromatic heterocycles. The van der Waals surface area contributed by atoms with Gasteiger partial charge in [-0.1, -0.05) is 12.1 Å². The van der Waals surface area contributed by atoms with Gasteiger partial charge in [-0.3, -0.25) is 4.79 Å². The van der Waals surface area contributed by atoms with Crippen LogP contribution in [0.15, 0.2) is 18.2 Å². The highest BCUT2D eigenvalue weighted by atomic mass is 35.5. The fourth-order valence-corrected chi connectivity index (χ4v) is 2.99. The van der Waals surface area contributed by atoms with E-state index in [0.29, 0.717) is 18.7 Å². The molecule has 2 aliphatic rings. The number of piperazine rings is 1. The zero-order valence-electron chi connectivity index (χ0n) is 10.7. The first-order valence-corrected chi connectivity index (χ1v) is 6.14. The average molecular weight is 307 g/mol. The van der Waals surface area contributed by atoms with Crippen molar-refractivity contribution in [3.8, 4) is 0 Å². The number of rotatable bonds is 0. The lowest BCUT2D eigenvalue weighted by Gasteiger charge is -2.36. The highest BCUT2D eigenvalue weighted by Crippen LogP contribution is 2.42. The Bertz CT molecular complexity index is 547. The summed E-state index contributed by atoms with van der Waals surface area (Å²) in [6.45, 7) is 2.96. The number of benzene rings is 1. The number of hydrogen-bond donors (Lipinski definition) is 1. The van der Waals surface area contributed by atoms with Crippen molar-refractivity contribution in [3.63, 3.8) is 0 Å². The number of fused-ring (bicyclic) bond motifs is 3. The van der Waals surface area contributed by atoms with Gasteiger partial charge in [0, 0.05) is 19.1 Å². The molecule has 2 heterocycles. The van der Waals surface area contributed by atoms with E-state index in [1.54, 1.807) is 11.0 Å². The largest absolute Gasteiger partial charge is 0.417 e. The van der Waals surface area contributed by atoms with Gasteiger partial charge in [0.25, 0.3) is 5.91 Å². The second-order valence-corrected chi connectivity index (χ2v) is 5.00. The third kappa shape index (κ3) is 2.07. The van der Waals surface area contributed by atoms with E-state index in [-0.39, 0.29) is 30.1 Å². The molecule has 0 radical (unpaired) electrons. The van der Waals surface area contributed by atoms with Gasteiger partial charge in [-0.2, -0.15) is 13.2 Å². The van der Waals surface area contributed by atoms with Crippen LogP contribution in [0, 0.1) is 0 Å². The first-order valence-electron chi connectivity index (χ1n) is 6.14. The van der Waals surface area contributed by atoms with Gasteiger partial charge in [-0.05, 0) is 18.6 Å². The number of amides is 1. The molecule has 7 heteroatoms. The quantitative estimate of drug-likeness (QED) is 0.799. The summed E-state index contributed by atoms with van der Waals surface area (Å²) in [5.74, 6) is -0.498. The Morgan fingerprint density at radius 1 is 1.30 bits per heavy atom. The maximum absolute atomic E-state index is 13.0. The van der Waals surface area contributed by atoms with Gasteiger partial charge in [0.1, 0.15) is 0 Å². The van der Waals surface area contributed by atoms with E-state index in [2.05, 4.69) is 5.32 Å². The van der Waals surface area contributed by atoms with Gasteiger partial charge in [0.15, 0.2) is 0 Å². The monoisotopic (exact) mass is 306 g/mol. The van der Waals surface area contributed by atoms with Crippen LogP contribution in [-0.4, -0.2) is 29.9 Å². The zero-order chi connectivity index (χ0) is 13.8. The summed E-state index contributed by atoms with van der Waals surface area (Å²) in [6, 6.07) is 3.59. The molecule has 0 bridgehead atoms. The Labute approximate surface area is 120 Å². The van der Waals surface area contributed by atoms with Crippen LogP contribution in [0.4, 0.5) is 13.2 Å². The maximum atomic E-state index is 13.0. The first-order chi connectivity index (χ1) is 8.91. The molecule has 0 aliphatic carbocycles. The number of alkyl halides is 3. The summed E-state index contributed by atoms with van der Waals surface area (Å²) in [4.78, 5) is 13.9. The molecule has 3 nitrogen and oxygen atoms in total. The molecule has 0 spiro atoms. The van der Waals surface area contributed by atoms with E-state index in [1.807, 2.05) is 6.92 Å². The molecule has 1 saturated heterocycles. The van der Waals surface area contributed by atoms with Crippen LogP contribution < -0.4 is 5.32 Å². The van der Waals surface area contributed by atoms with Crippen LogP contribution in [0.3, 0.4) is 0 Å². The molecule has 2 atom stereocenters. The van der Waals surface area contributed by atoms with Crippen molar-refractivity contribution in [3.05, 3.63) is 34.9 Å². The highest BCUT2D eigenvalue weighted by Gasteiger charge is 2.46. The summed E-state index contributed by atoms with van der Waals surface area (Å²) in [5.41, 5.74) is -0.508. The van der Waals surface area contributed by atoms with Gasteiger partial charge in [0.2, 0.25) is 0 Å². The lowest BCUT2D eigenvalue weighted by molar-refractivity contribution is -0.137. The minimum absolute atomic E-state index is 0. The molecule has 1 N–H and O–H groups in total. The van der Waals surface area contributed by atoms with Crippen molar-refractivity contribution >= 4 is 18.3 Å². The van der Waals surface area contributed by atoms with Crippen LogP contribution in [0.25, 0.3) is 0 Å². The normalized spacial score (nSPS) is 25.0. The molecule has 1 amide bonds. The van der Waals surface area contributed by atoms with E-state index in [0.717, 1.165) is 6.07 Å². The molecule has 0 saturated carbocycles. The Balaban J connectivity index is 0.00000147. The number of nitrogens with zero attached hydrogens (tertiary/aromatic N) is 1. The van der Waals surface area contributed by atoms with Gasteiger partial charge in [0.05, 0.1) is 17.2 Å². The van der Waals surface area contributed by atoms with Crippen LogP contribution >= 0.6 is 12.4 Å². The second kappa shape index (κ2) is 4.93. The number of carbonyl (C=O) groups is 1. The Morgan fingerprint density at radius 3 is 2.65 bits per heavy atom. The Kier molecular flexibility index (Phi) is 3.73. The van der Waals surface area contributed by atoms with Gasteiger partial charge in [-0.25, -0.2) is 0 Å². The predicted octanol–water partition coefficient (Wildman–Crippen LogP) is 2.62. The number of halogens is 4. The van der Waals surface area contributed by atoms with E-state index < -0.39 is 17.6 Å². The summed E-state index contributed by atoms with van der Waals surface area (Å²) in [7, 11) is 0. The van der Waals surface area contributed by atoms with E-state index >= 15 is 0 Å². The molecule has 1 aromatic carbocycles. The molecule has 20 heavy (non-hydrogen) atoms. The van der Waals surface area contributed by atoms with E-state index in [9.17, 15) is 18.0 Å². The molecule has 1 aromatic rings. The molecule has 3 rings (SSSR count). The molecule has 1 fully saturated rings. The summed E-state index contributed by atoms with van der Waals surface area (Å²) in [6.07, 6.45) is -4.49. The van der Waals surface area contributed by atoms with Crippen molar-refractivity contribution in [2.24, 2.45) is 0 Å². The van der Waals surface area contributed by atoms with Crippen LogP contribution in [0.1, 0.15) is 34.5 Å². The number of hydrogen-bond acceptors (Lipinski definition) is 2. The van der Waals surface area contributed by atoms with E-state index in [4.69, 9.17) is 0 Å². The summed E-state index contributed by atoms with van der Waals surface area (Å²) in [5, 5.41) is 3.15. The molecule has 0 unspecified atom stereocenters. The van der Waals surface area contributed by atoms with Crippen LogP contribution in [0.5, 0.6) is 0 Å². The smallest absolute Gasteiger partial charge is 0.326 e. The average Bonchev–Trinajstić information content (AvgIpc) is 2.64. The summed E-state index contributed by atoms with van der Waals surface area (Å²) >= 11 is 0. The minimum atomic E-state index is -4.49. The van der Waals surface area contributed by atoms with Crippen LogP contribution in [0.2, 0.25) is 0 Å². The van der Waals surface area contributed by atoms with Gasteiger partial charge < -0.3 is 10.2 Å². The molecule has 2 aliphatic heterocycles.